The smallest absolute Gasteiger partial charge is 0.234 e. The molecule has 0 aliphatic heterocycles. The molecule has 3 rings (SSSR count). The molecule has 0 saturated heterocycles. The molecule has 0 fully saturated rings. The van der Waals surface area contributed by atoms with Gasteiger partial charge >= 0.3 is 0 Å². The van der Waals surface area contributed by atoms with Gasteiger partial charge < -0.3 is 10.1 Å². The molecule has 4 heteroatoms. The van der Waals surface area contributed by atoms with Crippen molar-refractivity contribution >= 4 is 16.7 Å². The van der Waals surface area contributed by atoms with Gasteiger partial charge in [-0.3, -0.25) is 9.69 Å². The fourth-order valence-electron chi connectivity index (χ4n) is 3.39. The summed E-state index contributed by atoms with van der Waals surface area (Å²) in [4.78, 5) is 14.3. The number of aryl methyl sites for hydroxylation is 1. The lowest BCUT2D eigenvalue weighted by atomic mass is 10.1. The molecule has 0 aromatic heterocycles. The van der Waals surface area contributed by atoms with Crippen molar-refractivity contribution in [1.29, 1.82) is 0 Å². The number of rotatable bonds is 8. The van der Waals surface area contributed by atoms with Crippen molar-refractivity contribution in [3.8, 4) is 5.75 Å². The molecule has 0 spiro atoms. The second kappa shape index (κ2) is 9.38. The minimum absolute atomic E-state index is 0.0570. The Bertz CT molecular complexity index is 952. The van der Waals surface area contributed by atoms with Crippen LogP contribution in [-0.2, 0) is 17.8 Å². The van der Waals surface area contributed by atoms with E-state index in [9.17, 15) is 4.79 Å². The number of nitrogens with zero attached hydrogens (tertiary/aromatic N) is 1. The number of hydrogen-bond donors (Lipinski definition) is 1. The van der Waals surface area contributed by atoms with Gasteiger partial charge in [0.15, 0.2) is 0 Å². The van der Waals surface area contributed by atoms with Crippen molar-refractivity contribution in [3.05, 3.63) is 77.4 Å². The molecule has 0 radical (unpaired) electrons. The number of nitrogens with one attached hydrogen (secondary N) is 1. The van der Waals surface area contributed by atoms with Gasteiger partial charge in [-0.1, -0.05) is 42.5 Å². The predicted octanol–water partition coefficient (Wildman–Crippen LogP) is 3.95. The average molecular weight is 377 g/mol. The number of hydrogen-bond acceptors (Lipinski definition) is 3. The maximum absolute atomic E-state index is 12.2. The van der Waals surface area contributed by atoms with Crippen LogP contribution in [0.2, 0.25) is 0 Å². The van der Waals surface area contributed by atoms with E-state index < -0.39 is 0 Å². The molecule has 0 atom stereocenters. The number of benzene rings is 3. The third kappa shape index (κ3) is 5.33. The summed E-state index contributed by atoms with van der Waals surface area (Å²) in [5, 5.41) is 5.35. The number of carbonyl (C=O) groups is 1. The Hall–Kier alpha value is -2.85. The Balaban J connectivity index is 1.49. The first kappa shape index (κ1) is 19.9. The average Bonchev–Trinajstić information content (AvgIpc) is 2.69. The molecule has 0 aliphatic rings. The lowest BCUT2D eigenvalue weighted by molar-refractivity contribution is -0.122. The molecule has 28 heavy (non-hydrogen) atoms. The van der Waals surface area contributed by atoms with E-state index in [1.165, 1.54) is 22.1 Å². The van der Waals surface area contributed by atoms with E-state index in [-0.39, 0.29) is 5.91 Å². The standard InChI is InChI=1S/C24H28N2O2/c1-18-6-4-5-7-20(18)12-13-25-24(27)17-26(2)16-19-8-9-22-15-23(28-3)11-10-21(22)14-19/h4-11,14-15H,12-13,16-17H2,1-3H3,(H,25,27). The summed E-state index contributed by atoms with van der Waals surface area (Å²) in [6, 6.07) is 20.7. The monoisotopic (exact) mass is 376 g/mol. The number of fused-ring (bicyclic) bond motifs is 1. The minimum Gasteiger partial charge on any atom is -0.497 e. The molecule has 0 unspecified atom stereocenters. The highest BCUT2D eigenvalue weighted by Crippen LogP contribution is 2.22. The molecule has 4 nitrogen and oxygen atoms in total. The number of methoxy groups -OCH3 is 1. The van der Waals surface area contributed by atoms with Crippen LogP contribution in [0.1, 0.15) is 16.7 Å². The van der Waals surface area contributed by atoms with Crippen LogP contribution in [0.4, 0.5) is 0 Å². The third-order valence-corrected chi connectivity index (χ3v) is 4.96. The highest BCUT2D eigenvalue weighted by atomic mass is 16.5. The predicted molar refractivity (Wildman–Crippen MR) is 115 cm³/mol. The van der Waals surface area contributed by atoms with Gasteiger partial charge in [-0.25, -0.2) is 0 Å². The highest BCUT2D eigenvalue weighted by molar-refractivity contribution is 5.84. The van der Waals surface area contributed by atoms with Crippen LogP contribution in [0.15, 0.2) is 60.7 Å². The minimum atomic E-state index is 0.0570. The fourth-order valence-corrected chi connectivity index (χ4v) is 3.39. The summed E-state index contributed by atoms with van der Waals surface area (Å²) in [5.74, 6) is 0.918. The number of ether oxygens (including phenoxy) is 1. The summed E-state index contributed by atoms with van der Waals surface area (Å²) < 4.78 is 5.28. The molecule has 1 amide bonds. The van der Waals surface area contributed by atoms with Crippen molar-refractivity contribution in [1.82, 2.24) is 10.2 Å². The number of carbonyl (C=O) groups excluding carboxylic acids is 1. The van der Waals surface area contributed by atoms with E-state index in [1.54, 1.807) is 7.11 Å². The van der Waals surface area contributed by atoms with Gasteiger partial charge in [0, 0.05) is 13.1 Å². The van der Waals surface area contributed by atoms with Crippen LogP contribution >= 0.6 is 0 Å². The van der Waals surface area contributed by atoms with E-state index in [0.29, 0.717) is 13.1 Å². The van der Waals surface area contributed by atoms with Crippen molar-refractivity contribution < 1.29 is 9.53 Å². The molecule has 0 aliphatic carbocycles. The van der Waals surface area contributed by atoms with Crippen LogP contribution in [0.3, 0.4) is 0 Å². The Morgan fingerprint density at radius 2 is 1.79 bits per heavy atom. The van der Waals surface area contributed by atoms with Gasteiger partial charge in [0.2, 0.25) is 5.91 Å². The van der Waals surface area contributed by atoms with Gasteiger partial charge in [-0.05, 0) is 66.1 Å². The topological polar surface area (TPSA) is 41.6 Å². The maximum Gasteiger partial charge on any atom is 0.234 e. The van der Waals surface area contributed by atoms with E-state index in [1.807, 2.05) is 36.2 Å². The summed E-state index contributed by atoms with van der Waals surface area (Å²) in [5.41, 5.74) is 3.74. The Kier molecular flexibility index (Phi) is 6.66. The highest BCUT2D eigenvalue weighted by Gasteiger charge is 2.08. The van der Waals surface area contributed by atoms with Crippen LogP contribution < -0.4 is 10.1 Å². The van der Waals surface area contributed by atoms with Crippen molar-refractivity contribution in [2.75, 3.05) is 27.2 Å². The van der Waals surface area contributed by atoms with Crippen LogP contribution in [0, 0.1) is 6.92 Å². The first-order valence-corrected chi connectivity index (χ1v) is 9.61. The largest absolute Gasteiger partial charge is 0.497 e. The van der Waals surface area contributed by atoms with Crippen molar-refractivity contribution in [3.63, 3.8) is 0 Å². The molecule has 3 aromatic carbocycles. The van der Waals surface area contributed by atoms with Crippen LogP contribution in [0.5, 0.6) is 5.75 Å². The van der Waals surface area contributed by atoms with E-state index in [0.717, 1.165) is 24.1 Å². The molecule has 146 valence electrons. The summed E-state index contributed by atoms with van der Waals surface area (Å²) in [6.45, 7) is 3.88. The number of likely N-dealkylation sites (N-methyl/N-ethyl adjacent to an activating group) is 1. The first-order chi connectivity index (χ1) is 13.5. The normalized spacial score (nSPS) is 11.0. The summed E-state index contributed by atoms with van der Waals surface area (Å²) in [6.07, 6.45) is 0.857. The lowest BCUT2D eigenvalue weighted by Gasteiger charge is -2.17. The lowest BCUT2D eigenvalue weighted by Crippen LogP contribution is -2.35. The summed E-state index contributed by atoms with van der Waals surface area (Å²) in [7, 11) is 3.65. The molecule has 0 bridgehead atoms. The van der Waals surface area contributed by atoms with Gasteiger partial charge in [-0.2, -0.15) is 0 Å². The molecule has 1 N–H and O–H groups in total. The second-order valence-electron chi connectivity index (χ2n) is 7.25. The fraction of sp³-hybridized carbons (Fsp3) is 0.292. The molecular formula is C24H28N2O2. The van der Waals surface area contributed by atoms with E-state index >= 15 is 0 Å². The molecular weight excluding hydrogens is 348 g/mol. The zero-order valence-corrected chi connectivity index (χ0v) is 16.9. The molecule has 0 heterocycles. The van der Waals surface area contributed by atoms with Gasteiger partial charge in [0.05, 0.1) is 13.7 Å². The van der Waals surface area contributed by atoms with Crippen molar-refractivity contribution in [2.24, 2.45) is 0 Å². The second-order valence-corrected chi connectivity index (χ2v) is 7.25. The third-order valence-electron chi connectivity index (χ3n) is 4.96. The zero-order valence-electron chi connectivity index (χ0n) is 16.9. The van der Waals surface area contributed by atoms with Crippen molar-refractivity contribution in [2.45, 2.75) is 19.9 Å². The first-order valence-electron chi connectivity index (χ1n) is 9.61. The SMILES string of the molecule is COc1ccc2cc(CN(C)CC(=O)NCCc3ccccc3C)ccc2c1. The maximum atomic E-state index is 12.2. The zero-order chi connectivity index (χ0) is 19.9. The number of amides is 1. The van der Waals surface area contributed by atoms with Crippen LogP contribution in [0.25, 0.3) is 10.8 Å². The Labute approximate surface area is 167 Å². The van der Waals surface area contributed by atoms with Gasteiger partial charge in [0.25, 0.3) is 0 Å². The van der Waals surface area contributed by atoms with Gasteiger partial charge in [-0.15, -0.1) is 0 Å². The van der Waals surface area contributed by atoms with E-state index in [2.05, 4.69) is 48.6 Å². The van der Waals surface area contributed by atoms with Crippen LogP contribution in [-0.4, -0.2) is 38.1 Å². The molecule has 3 aromatic rings. The van der Waals surface area contributed by atoms with Gasteiger partial charge in [0.1, 0.15) is 5.75 Å². The molecule has 0 saturated carbocycles. The quantitative estimate of drug-likeness (QED) is 0.647. The summed E-state index contributed by atoms with van der Waals surface area (Å²) >= 11 is 0. The Morgan fingerprint density at radius 3 is 2.57 bits per heavy atom. The van der Waals surface area contributed by atoms with E-state index in [4.69, 9.17) is 4.74 Å². The Morgan fingerprint density at radius 1 is 1.04 bits per heavy atom.